The fraction of sp³-hybridized carbons (Fsp3) is 0.450. The van der Waals surface area contributed by atoms with E-state index < -0.39 is 23.1 Å². The van der Waals surface area contributed by atoms with Gasteiger partial charge in [0.25, 0.3) is 0 Å². The predicted molar refractivity (Wildman–Crippen MR) is 108 cm³/mol. The molecule has 3 amide bonds. The zero-order chi connectivity index (χ0) is 20.1. The SMILES string of the molecule is CCN(CC)C(=O)NC(=O)C1SC(N)=C(C#N)C1c1ccc(C(C)C)cc1. The van der Waals surface area contributed by atoms with Gasteiger partial charge < -0.3 is 10.6 Å². The molecule has 1 aromatic carbocycles. The third kappa shape index (κ3) is 4.45. The van der Waals surface area contributed by atoms with Crippen LogP contribution in [0.1, 0.15) is 50.7 Å². The molecule has 0 bridgehead atoms. The molecule has 0 spiro atoms. The van der Waals surface area contributed by atoms with Gasteiger partial charge in [-0.2, -0.15) is 5.26 Å². The molecule has 0 fully saturated rings. The van der Waals surface area contributed by atoms with Crippen LogP contribution in [0.25, 0.3) is 0 Å². The van der Waals surface area contributed by atoms with E-state index in [-0.39, 0.29) is 0 Å². The van der Waals surface area contributed by atoms with E-state index in [1.165, 1.54) is 10.5 Å². The van der Waals surface area contributed by atoms with Crippen LogP contribution < -0.4 is 11.1 Å². The van der Waals surface area contributed by atoms with Crippen LogP contribution in [0.5, 0.6) is 0 Å². The molecule has 7 heteroatoms. The van der Waals surface area contributed by atoms with Crippen LogP contribution in [0.4, 0.5) is 4.79 Å². The molecule has 6 nitrogen and oxygen atoms in total. The Morgan fingerprint density at radius 3 is 2.33 bits per heavy atom. The predicted octanol–water partition coefficient (Wildman–Crippen LogP) is 3.28. The van der Waals surface area contributed by atoms with Crippen molar-refractivity contribution in [1.82, 2.24) is 10.2 Å². The number of thioether (sulfide) groups is 1. The number of nitrogens with two attached hydrogens (primary N) is 1. The molecule has 1 aliphatic heterocycles. The van der Waals surface area contributed by atoms with Gasteiger partial charge in [-0.05, 0) is 30.9 Å². The quantitative estimate of drug-likeness (QED) is 0.809. The first-order valence-electron chi connectivity index (χ1n) is 9.09. The zero-order valence-electron chi connectivity index (χ0n) is 16.2. The minimum Gasteiger partial charge on any atom is -0.393 e. The third-order valence-corrected chi connectivity index (χ3v) is 5.97. The third-order valence-electron chi connectivity index (χ3n) is 4.76. The van der Waals surface area contributed by atoms with Crippen molar-refractivity contribution in [3.63, 3.8) is 0 Å². The second-order valence-electron chi connectivity index (χ2n) is 6.69. The summed E-state index contributed by atoms with van der Waals surface area (Å²) in [6.07, 6.45) is 0. The molecule has 3 N–H and O–H groups in total. The highest BCUT2D eigenvalue weighted by Gasteiger charge is 2.41. The lowest BCUT2D eigenvalue weighted by Gasteiger charge is -2.23. The Balaban J connectivity index is 2.29. The van der Waals surface area contributed by atoms with Crippen LogP contribution in [-0.2, 0) is 4.79 Å². The van der Waals surface area contributed by atoms with Gasteiger partial charge in [-0.15, -0.1) is 0 Å². The number of imide groups is 1. The highest BCUT2D eigenvalue weighted by molar-refractivity contribution is 8.04. The topological polar surface area (TPSA) is 99.2 Å². The zero-order valence-corrected chi connectivity index (χ0v) is 17.0. The average molecular weight is 387 g/mol. The molecule has 2 rings (SSSR count). The maximum atomic E-state index is 12.8. The van der Waals surface area contributed by atoms with Crippen molar-refractivity contribution in [2.45, 2.75) is 44.8 Å². The summed E-state index contributed by atoms with van der Waals surface area (Å²) in [5.74, 6) is -0.507. The smallest absolute Gasteiger partial charge is 0.324 e. The molecular formula is C20H26N4O2S. The fourth-order valence-electron chi connectivity index (χ4n) is 3.10. The van der Waals surface area contributed by atoms with Gasteiger partial charge in [0.1, 0.15) is 5.25 Å². The molecule has 0 radical (unpaired) electrons. The summed E-state index contributed by atoms with van der Waals surface area (Å²) >= 11 is 1.14. The molecule has 1 aliphatic rings. The molecule has 0 saturated carbocycles. The molecule has 0 saturated heterocycles. The van der Waals surface area contributed by atoms with E-state index in [1.807, 2.05) is 38.1 Å². The lowest BCUT2D eigenvalue weighted by molar-refractivity contribution is -0.119. The van der Waals surface area contributed by atoms with Gasteiger partial charge in [0.15, 0.2) is 0 Å². The summed E-state index contributed by atoms with van der Waals surface area (Å²) in [5, 5.41) is 11.7. The lowest BCUT2D eigenvalue weighted by Crippen LogP contribution is -2.46. The Bertz CT molecular complexity index is 776. The second-order valence-corrected chi connectivity index (χ2v) is 7.88. The van der Waals surface area contributed by atoms with Crippen molar-refractivity contribution in [2.75, 3.05) is 13.1 Å². The molecule has 27 heavy (non-hydrogen) atoms. The monoisotopic (exact) mass is 386 g/mol. The Morgan fingerprint density at radius 1 is 1.26 bits per heavy atom. The number of carbonyl (C=O) groups excluding carboxylic acids is 2. The van der Waals surface area contributed by atoms with E-state index in [4.69, 9.17) is 5.73 Å². The first kappa shape index (κ1) is 20.8. The second kappa shape index (κ2) is 8.96. The Hall–Kier alpha value is -2.46. The number of nitrogens with one attached hydrogen (secondary N) is 1. The lowest BCUT2D eigenvalue weighted by atomic mass is 9.87. The number of benzene rings is 1. The fourth-order valence-corrected chi connectivity index (χ4v) is 4.27. The average Bonchev–Trinajstić information content (AvgIpc) is 2.99. The maximum Gasteiger partial charge on any atom is 0.324 e. The van der Waals surface area contributed by atoms with Crippen LogP contribution >= 0.6 is 11.8 Å². The largest absolute Gasteiger partial charge is 0.393 e. The van der Waals surface area contributed by atoms with Crippen molar-refractivity contribution < 1.29 is 9.59 Å². The highest BCUT2D eigenvalue weighted by atomic mass is 32.2. The van der Waals surface area contributed by atoms with E-state index in [0.717, 1.165) is 17.3 Å². The summed E-state index contributed by atoms with van der Waals surface area (Å²) < 4.78 is 0. The number of allylic oxidation sites excluding steroid dienone is 1. The van der Waals surface area contributed by atoms with E-state index >= 15 is 0 Å². The summed E-state index contributed by atoms with van der Waals surface area (Å²) in [4.78, 5) is 26.6. The van der Waals surface area contributed by atoms with E-state index in [2.05, 4.69) is 25.2 Å². The Labute approximate surface area is 164 Å². The van der Waals surface area contributed by atoms with Gasteiger partial charge in [0.05, 0.1) is 16.7 Å². The van der Waals surface area contributed by atoms with Crippen molar-refractivity contribution >= 4 is 23.7 Å². The Kier molecular flexibility index (Phi) is 6.92. The van der Waals surface area contributed by atoms with Gasteiger partial charge in [0, 0.05) is 19.0 Å². The number of urea groups is 1. The first-order chi connectivity index (χ1) is 12.8. The van der Waals surface area contributed by atoms with E-state index in [9.17, 15) is 14.9 Å². The van der Waals surface area contributed by atoms with Crippen LogP contribution in [0.15, 0.2) is 34.9 Å². The molecule has 2 unspecified atom stereocenters. The minimum absolute atomic E-state index is 0.339. The molecule has 2 atom stereocenters. The van der Waals surface area contributed by atoms with Crippen molar-refractivity contribution in [2.24, 2.45) is 5.73 Å². The maximum absolute atomic E-state index is 12.8. The number of rotatable bonds is 5. The van der Waals surface area contributed by atoms with E-state index in [0.29, 0.717) is 29.6 Å². The number of carbonyl (C=O) groups is 2. The van der Waals surface area contributed by atoms with Crippen LogP contribution in [0.3, 0.4) is 0 Å². The molecule has 1 heterocycles. The van der Waals surface area contributed by atoms with Gasteiger partial charge in [-0.3, -0.25) is 10.1 Å². The number of nitrogens with zero attached hydrogens (tertiary/aromatic N) is 2. The van der Waals surface area contributed by atoms with Gasteiger partial charge in [-0.1, -0.05) is 49.9 Å². The number of hydrogen-bond donors (Lipinski definition) is 2. The number of nitriles is 1. The molecule has 0 aromatic heterocycles. The van der Waals surface area contributed by atoms with Crippen molar-refractivity contribution in [3.05, 3.63) is 46.0 Å². The van der Waals surface area contributed by atoms with Gasteiger partial charge in [0.2, 0.25) is 5.91 Å². The van der Waals surface area contributed by atoms with Crippen LogP contribution in [-0.4, -0.2) is 35.2 Å². The van der Waals surface area contributed by atoms with Crippen LogP contribution in [0.2, 0.25) is 0 Å². The molecule has 1 aromatic rings. The van der Waals surface area contributed by atoms with Crippen LogP contribution in [0, 0.1) is 11.3 Å². The summed E-state index contributed by atoms with van der Waals surface area (Å²) in [7, 11) is 0. The Morgan fingerprint density at radius 2 is 1.85 bits per heavy atom. The van der Waals surface area contributed by atoms with E-state index in [1.54, 1.807) is 0 Å². The van der Waals surface area contributed by atoms with Crippen molar-refractivity contribution in [3.8, 4) is 6.07 Å². The molecule has 144 valence electrons. The summed E-state index contributed by atoms with van der Waals surface area (Å²) in [6.45, 7) is 8.94. The van der Waals surface area contributed by atoms with Gasteiger partial charge in [-0.25, -0.2) is 4.79 Å². The normalized spacial score (nSPS) is 19.1. The minimum atomic E-state index is -0.649. The highest BCUT2D eigenvalue weighted by Crippen LogP contribution is 2.45. The summed E-state index contributed by atoms with van der Waals surface area (Å²) in [6, 6.07) is 9.59. The standard InChI is InChI=1S/C20H26N4O2S/c1-5-24(6-2)20(26)23-19(25)17-16(15(11-21)18(22)27-17)14-9-7-13(8-10-14)12(3)4/h7-10,12,16-17H,5-6,22H2,1-4H3,(H,23,25,26). The van der Waals surface area contributed by atoms with Crippen molar-refractivity contribution in [1.29, 1.82) is 5.26 Å². The number of amides is 3. The molecular weight excluding hydrogens is 360 g/mol. The summed E-state index contributed by atoms with van der Waals surface area (Å²) in [5.41, 5.74) is 8.42. The van der Waals surface area contributed by atoms with Gasteiger partial charge >= 0.3 is 6.03 Å². The first-order valence-corrected chi connectivity index (χ1v) is 9.97. The number of hydrogen-bond acceptors (Lipinski definition) is 5. The molecule has 0 aliphatic carbocycles.